The second-order valence-corrected chi connectivity index (χ2v) is 10.7. The lowest BCUT2D eigenvalue weighted by molar-refractivity contribution is 0.00592. The minimum Gasteiger partial charge on any atom is -0.439 e. The van der Waals surface area contributed by atoms with Crippen molar-refractivity contribution in [2.24, 2.45) is 0 Å². The molecule has 39 heavy (non-hydrogen) atoms. The highest BCUT2D eigenvalue weighted by molar-refractivity contribution is 5.86. The number of nitrogens with zero attached hydrogens (tertiary/aromatic N) is 3. The fourth-order valence-corrected chi connectivity index (χ4v) is 5.75. The predicted molar refractivity (Wildman–Crippen MR) is 156 cm³/mol. The van der Waals surface area contributed by atoms with Crippen molar-refractivity contribution in [2.75, 3.05) is 20.6 Å². The van der Waals surface area contributed by atoms with E-state index >= 15 is 0 Å². The summed E-state index contributed by atoms with van der Waals surface area (Å²) in [6.45, 7) is 0.981. The molecule has 0 saturated heterocycles. The Labute approximate surface area is 229 Å². The summed E-state index contributed by atoms with van der Waals surface area (Å²) < 4.78 is 6.43. The van der Waals surface area contributed by atoms with Gasteiger partial charge in [-0.15, -0.1) is 0 Å². The van der Waals surface area contributed by atoms with Crippen LogP contribution in [-0.2, 0) is 5.60 Å². The molecule has 5 nitrogen and oxygen atoms in total. The molecular weight excluding hydrogens is 482 g/mol. The zero-order valence-electron chi connectivity index (χ0n) is 22.4. The van der Waals surface area contributed by atoms with Crippen molar-refractivity contribution in [2.45, 2.75) is 30.8 Å². The van der Waals surface area contributed by atoms with Gasteiger partial charge in [-0.1, -0.05) is 54.6 Å². The molecule has 0 spiro atoms. The van der Waals surface area contributed by atoms with Gasteiger partial charge in [0.25, 0.3) is 0 Å². The molecule has 3 heterocycles. The van der Waals surface area contributed by atoms with Gasteiger partial charge in [-0.25, -0.2) is 4.98 Å². The average molecular weight is 516 g/mol. The van der Waals surface area contributed by atoms with Crippen molar-refractivity contribution < 1.29 is 9.84 Å². The Kier molecular flexibility index (Phi) is 6.86. The molecule has 2 aromatic heterocycles. The Balaban J connectivity index is 1.55. The van der Waals surface area contributed by atoms with Crippen molar-refractivity contribution in [3.63, 3.8) is 0 Å². The number of fused-ring (bicyclic) bond motifs is 4. The molecule has 0 saturated carbocycles. The van der Waals surface area contributed by atoms with E-state index in [1.165, 1.54) is 0 Å². The summed E-state index contributed by atoms with van der Waals surface area (Å²) in [5, 5.41) is 13.8. The van der Waals surface area contributed by atoms with Crippen molar-refractivity contribution in [1.29, 1.82) is 0 Å². The lowest BCUT2D eigenvalue weighted by Crippen LogP contribution is -2.35. The van der Waals surface area contributed by atoms with Gasteiger partial charge in [-0.3, -0.25) is 4.98 Å². The number of hydrogen-bond acceptors (Lipinski definition) is 5. The third kappa shape index (κ3) is 5.03. The summed E-state index contributed by atoms with van der Waals surface area (Å²) >= 11 is 0. The van der Waals surface area contributed by atoms with Crippen LogP contribution in [-0.4, -0.2) is 40.6 Å². The van der Waals surface area contributed by atoms with E-state index in [0.717, 1.165) is 58.1 Å². The molecule has 0 amide bonds. The van der Waals surface area contributed by atoms with E-state index in [0.29, 0.717) is 18.1 Å². The molecule has 5 heteroatoms. The predicted octanol–water partition coefficient (Wildman–Crippen LogP) is 7.15. The summed E-state index contributed by atoms with van der Waals surface area (Å²) in [6, 6.07) is 30.6. The molecular formula is C34H33N3O2. The molecule has 196 valence electrons. The molecule has 1 N–H and O–H groups in total. The molecule has 1 aliphatic heterocycles. The molecule has 5 aromatic rings. The minimum atomic E-state index is -1.14. The topological polar surface area (TPSA) is 58.5 Å². The van der Waals surface area contributed by atoms with E-state index in [2.05, 4.69) is 60.4 Å². The number of pyridine rings is 2. The quantitative estimate of drug-likeness (QED) is 0.233. The van der Waals surface area contributed by atoms with Gasteiger partial charge in [0.05, 0.1) is 5.52 Å². The van der Waals surface area contributed by atoms with Crippen LogP contribution in [0, 0.1) is 0 Å². The second-order valence-electron chi connectivity index (χ2n) is 10.7. The Morgan fingerprint density at radius 1 is 0.872 bits per heavy atom. The first-order chi connectivity index (χ1) is 19.0. The SMILES string of the molecule is CN(C)CCCCC1(O)c2cccc(c2)Oc2nc3ccc(-c4cccnc4)cc3cc2C1c1ccccc1. The Morgan fingerprint density at radius 2 is 1.74 bits per heavy atom. The monoisotopic (exact) mass is 515 g/mol. The molecule has 2 atom stereocenters. The lowest BCUT2D eigenvalue weighted by atomic mass is 9.70. The van der Waals surface area contributed by atoms with Crippen LogP contribution in [0.2, 0.25) is 0 Å². The summed E-state index contributed by atoms with van der Waals surface area (Å²) in [7, 11) is 4.18. The highest BCUT2D eigenvalue weighted by Crippen LogP contribution is 2.50. The number of benzene rings is 3. The zero-order chi connectivity index (χ0) is 26.8. The van der Waals surface area contributed by atoms with Crippen LogP contribution in [0.1, 0.15) is 41.9 Å². The third-order valence-corrected chi connectivity index (χ3v) is 7.69. The molecule has 6 rings (SSSR count). The number of aromatic nitrogens is 2. The molecule has 0 aliphatic carbocycles. The van der Waals surface area contributed by atoms with Crippen molar-refractivity contribution >= 4 is 10.9 Å². The van der Waals surface area contributed by atoms with Gasteiger partial charge in [0.2, 0.25) is 5.88 Å². The zero-order valence-corrected chi connectivity index (χ0v) is 22.4. The van der Waals surface area contributed by atoms with Gasteiger partial charge in [0.1, 0.15) is 11.4 Å². The average Bonchev–Trinajstić information content (AvgIpc) is 2.96. The minimum absolute atomic E-state index is 0.359. The van der Waals surface area contributed by atoms with Gasteiger partial charge in [-0.05, 0) is 93.0 Å². The van der Waals surface area contributed by atoms with Crippen LogP contribution >= 0.6 is 0 Å². The van der Waals surface area contributed by atoms with Crippen LogP contribution < -0.4 is 4.74 Å². The summed E-state index contributed by atoms with van der Waals surface area (Å²) in [5.74, 6) is 0.863. The summed E-state index contributed by atoms with van der Waals surface area (Å²) in [6.07, 6.45) is 6.17. The number of aliphatic hydroxyl groups is 1. The molecule has 0 fully saturated rings. The van der Waals surface area contributed by atoms with E-state index in [4.69, 9.17) is 9.72 Å². The summed E-state index contributed by atoms with van der Waals surface area (Å²) in [5.41, 5.74) is 4.62. The number of ether oxygens (including phenoxy) is 1. The van der Waals surface area contributed by atoms with E-state index < -0.39 is 5.60 Å². The van der Waals surface area contributed by atoms with Crippen LogP contribution in [0.25, 0.3) is 22.0 Å². The maximum Gasteiger partial charge on any atom is 0.223 e. The first kappa shape index (κ1) is 25.2. The molecule has 1 aliphatic rings. The van der Waals surface area contributed by atoms with Gasteiger partial charge in [-0.2, -0.15) is 0 Å². The lowest BCUT2D eigenvalue weighted by Gasteiger charge is -2.39. The smallest absolute Gasteiger partial charge is 0.223 e. The fourth-order valence-electron chi connectivity index (χ4n) is 5.75. The first-order valence-electron chi connectivity index (χ1n) is 13.6. The molecule has 3 aromatic carbocycles. The fraction of sp³-hybridized carbons (Fsp3) is 0.235. The standard InChI is InChI=1S/C34H33N3O2/c1-37(2)19-7-6-17-34(38)28-13-8-14-29(22-28)39-33-30(32(34)24-10-4-3-5-11-24)21-27-20-25(15-16-31(27)36-33)26-12-9-18-35-23-26/h3-5,8-16,18,20-23,32,38H,6-7,17,19H2,1-2H3. The van der Waals surface area contributed by atoms with E-state index in [9.17, 15) is 5.11 Å². The van der Waals surface area contributed by atoms with Crippen LogP contribution in [0.3, 0.4) is 0 Å². The maximum absolute atomic E-state index is 12.8. The largest absolute Gasteiger partial charge is 0.439 e. The van der Waals surface area contributed by atoms with Gasteiger partial charge >= 0.3 is 0 Å². The van der Waals surface area contributed by atoms with Crippen molar-refractivity contribution in [3.8, 4) is 22.8 Å². The molecule has 0 radical (unpaired) electrons. The van der Waals surface area contributed by atoms with Gasteiger partial charge in [0, 0.05) is 34.8 Å². The number of hydrogen-bond donors (Lipinski definition) is 1. The first-order valence-corrected chi connectivity index (χ1v) is 13.6. The summed E-state index contributed by atoms with van der Waals surface area (Å²) in [4.78, 5) is 11.5. The number of rotatable bonds is 7. The second kappa shape index (κ2) is 10.6. The normalized spacial score (nSPS) is 18.3. The Hall–Kier alpha value is -4.06. The molecule has 2 bridgehead atoms. The Bertz CT molecular complexity index is 1590. The van der Waals surface area contributed by atoms with Gasteiger partial charge in [0.15, 0.2) is 0 Å². The Morgan fingerprint density at radius 3 is 2.54 bits per heavy atom. The van der Waals surface area contributed by atoms with E-state index in [1.54, 1.807) is 6.20 Å². The maximum atomic E-state index is 12.8. The van der Waals surface area contributed by atoms with E-state index in [-0.39, 0.29) is 5.92 Å². The van der Waals surface area contributed by atoms with Crippen LogP contribution in [0.15, 0.2) is 103 Å². The highest BCUT2D eigenvalue weighted by atomic mass is 16.5. The van der Waals surface area contributed by atoms with Crippen molar-refractivity contribution in [3.05, 3.63) is 120 Å². The van der Waals surface area contributed by atoms with E-state index in [1.807, 2.05) is 60.8 Å². The van der Waals surface area contributed by atoms with Crippen LogP contribution in [0.5, 0.6) is 11.6 Å². The van der Waals surface area contributed by atoms with Gasteiger partial charge < -0.3 is 14.7 Å². The van der Waals surface area contributed by atoms with Crippen molar-refractivity contribution in [1.82, 2.24) is 14.9 Å². The number of unbranched alkanes of at least 4 members (excludes halogenated alkanes) is 1. The third-order valence-electron chi connectivity index (χ3n) is 7.69. The van der Waals surface area contributed by atoms with Crippen LogP contribution in [0.4, 0.5) is 0 Å². The molecule has 2 unspecified atom stereocenters. The highest BCUT2D eigenvalue weighted by Gasteiger charge is 2.43.